The number of para-hydroxylation sites is 1. The van der Waals surface area contributed by atoms with Crippen LogP contribution in [0, 0.1) is 0 Å². The van der Waals surface area contributed by atoms with Gasteiger partial charge in [0.15, 0.2) is 11.5 Å². The Hall–Kier alpha value is -2.49. The molecule has 0 radical (unpaired) electrons. The minimum atomic E-state index is -0.406. The van der Waals surface area contributed by atoms with Crippen molar-refractivity contribution in [1.29, 1.82) is 0 Å². The van der Waals surface area contributed by atoms with E-state index in [0.717, 1.165) is 5.56 Å². The van der Waals surface area contributed by atoms with Gasteiger partial charge >= 0.3 is 5.97 Å². The first-order valence-electron chi connectivity index (χ1n) is 6.44. The summed E-state index contributed by atoms with van der Waals surface area (Å²) in [5, 5.41) is 0. The molecule has 4 heteroatoms. The molecule has 0 spiro atoms. The first-order chi connectivity index (χ1) is 9.84. The fourth-order valence-corrected chi connectivity index (χ4v) is 2.04. The third-order valence-corrected chi connectivity index (χ3v) is 3.00. The van der Waals surface area contributed by atoms with E-state index in [-0.39, 0.29) is 6.61 Å². The van der Waals surface area contributed by atoms with E-state index in [1.165, 1.54) is 0 Å². The van der Waals surface area contributed by atoms with Crippen molar-refractivity contribution < 1.29 is 19.0 Å². The molecule has 0 fully saturated rings. The minimum absolute atomic E-state index is 0.240. The van der Waals surface area contributed by atoms with Crippen LogP contribution in [-0.2, 0) is 11.3 Å². The van der Waals surface area contributed by atoms with Crippen molar-refractivity contribution in [2.75, 3.05) is 13.2 Å². The van der Waals surface area contributed by atoms with Crippen molar-refractivity contribution in [3.05, 3.63) is 59.7 Å². The van der Waals surface area contributed by atoms with Gasteiger partial charge in [-0.2, -0.15) is 0 Å². The van der Waals surface area contributed by atoms with Gasteiger partial charge in [-0.15, -0.1) is 0 Å². The first kappa shape index (κ1) is 12.5. The molecule has 0 aromatic heterocycles. The maximum atomic E-state index is 12.1. The summed E-state index contributed by atoms with van der Waals surface area (Å²) in [4.78, 5) is 12.1. The van der Waals surface area contributed by atoms with Crippen molar-refractivity contribution >= 4 is 5.97 Å². The molecule has 0 saturated heterocycles. The number of rotatable bonds is 3. The second kappa shape index (κ2) is 5.65. The minimum Gasteiger partial charge on any atom is -0.486 e. The predicted molar refractivity (Wildman–Crippen MR) is 73.0 cm³/mol. The molecule has 0 aliphatic carbocycles. The van der Waals surface area contributed by atoms with E-state index in [9.17, 15) is 4.79 Å². The number of carbonyl (C=O) groups is 1. The van der Waals surface area contributed by atoms with Crippen LogP contribution in [-0.4, -0.2) is 19.2 Å². The van der Waals surface area contributed by atoms with Gasteiger partial charge in [-0.1, -0.05) is 36.4 Å². The van der Waals surface area contributed by atoms with Gasteiger partial charge in [0.05, 0.1) is 0 Å². The summed E-state index contributed by atoms with van der Waals surface area (Å²) < 4.78 is 16.3. The summed E-state index contributed by atoms with van der Waals surface area (Å²) in [5.74, 6) is 0.651. The highest BCUT2D eigenvalue weighted by atomic mass is 16.6. The third kappa shape index (κ3) is 2.59. The van der Waals surface area contributed by atoms with E-state index < -0.39 is 5.97 Å². The molecule has 0 bridgehead atoms. The fraction of sp³-hybridized carbons (Fsp3) is 0.188. The van der Waals surface area contributed by atoms with Gasteiger partial charge in [-0.25, -0.2) is 4.79 Å². The topological polar surface area (TPSA) is 44.8 Å². The van der Waals surface area contributed by atoms with Crippen LogP contribution >= 0.6 is 0 Å². The van der Waals surface area contributed by atoms with Crippen LogP contribution in [0.4, 0.5) is 0 Å². The second-order valence-corrected chi connectivity index (χ2v) is 4.39. The largest absolute Gasteiger partial charge is 0.486 e. The SMILES string of the molecule is O=C(OCc1ccccc1)c1cccc2c1OCCO2. The van der Waals surface area contributed by atoms with Crippen molar-refractivity contribution in [3.63, 3.8) is 0 Å². The first-order valence-corrected chi connectivity index (χ1v) is 6.44. The average Bonchev–Trinajstić information content (AvgIpc) is 2.53. The van der Waals surface area contributed by atoms with Crippen molar-refractivity contribution in [2.24, 2.45) is 0 Å². The lowest BCUT2D eigenvalue weighted by Gasteiger charge is -2.20. The summed E-state index contributed by atoms with van der Waals surface area (Å²) in [7, 11) is 0. The molecular weight excluding hydrogens is 256 g/mol. The zero-order chi connectivity index (χ0) is 13.8. The van der Waals surface area contributed by atoms with Crippen LogP contribution in [0.25, 0.3) is 0 Å². The molecule has 0 atom stereocenters. The van der Waals surface area contributed by atoms with Gasteiger partial charge < -0.3 is 14.2 Å². The number of benzene rings is 2. The predicted octanol–water partition coefficient (Wildman–Crippen LogP) is 2.81. The molecule has 1 heterocycles. The van der Waals surface area contributed by atoms with E-state index in [1.54, 1.807) is 18.2 Å². The maximum Gasteiger partial charge on any atom is 0.342 e. The van der Waals surface area contributed by atoms with Crippen LogP contribution < -0.4 is 9.47 Å². The number of esters is 1. The Labute approximate surface area is 116 Å². The highest BCUT2D eigenvalue weighted by Crippen LogP contribution is 2.34. The van der Waals surface area contributed by atoms with Crippen LogP contribution in [0.2, 0.25) is 0 Å². The van der Waals surface area contributed by atoms with E-state index in [2.05, 4.69) is 0 Å². The summed E-state index contributed by atoms with van der Waals surface area (Å²) in [5.41, 5.74) is 1.35. The smallest absolute Gasteiger partial charge is 0.342 e. The number of carbonyl (C=O) groups excluding carboxylic acids is 1. The zero-order valence-electron chi connectivity index (χ0n) is 10.9. The normalized spacial score (nSPS) is 12.8. The highest BCUT2D eigenvalue weighted by Gasteiger charge is 2.21. The number of hydrogen-bond acceptors (Lipinski definition) is 4. The van der Waals surface area contributed by atoms with Crippen molar-refractivity contribution in [1.82, 2.24) is 0 Å². The Kier molecular flexibility index (Phi) is 3.54. The zero-order valence-corrected chi connectivity index (χ0v) is 10.9. The quantitative estimate of drug-likeness (QED) is 0.804. The van der Waals surface area contributed by atoms with Crippen LogP contribution in [0.15, 0.2) is 48.5 Å². The Morgan fingerprint density at radius 1 is 1.00 bits per heavy atom. The van der Waals surface area contributed by atoms with Gasteiger partial charge in [0.1, 0.15) is 25.4 Å². The molecule has 20 heavy (non-hydrogen) atoms. The fourth-order valence-electron chi connectivity index (χ4n) is 2.04. The molecule has 2 aromatic rings. The molecule has 1 aliphatic rings. The van der Waals surface area contributed by atoms with Crippen molar-refractivity contribution in [3.8, 4) is 11.5 Å². The monoisotopic (exact) mass is 270 g/mol. The molecule has 2 aromatic carbocycles. The van der Waals surface area contributed by atoms with Gasteiger partial charge in [0.2, 0.25) is 0 Å². The van der Waals surface area contributed by atoms with Crippen LogP contribution in [0.3, 0.4) is 0 Å². The van der Waals surface area contributed by atoms with Gasteiger partial charge in [-0.05, 0) is 17.7 Å². The molecule has 1 aliphatic heterocycles. The molecule has 3 rings (SSSR count). The summed E-state index contributed by atoms with van der Waals surface area (Å²) in [6.45, 7) is 1.18. The molecule has 0 N–H and O–H groups in total. The standard InChI is InChI=1S/C16H14O4/c17-16(20-11-12-5-2-1-3-6-12)13-7-4-8-14-15(13)19-10-9-18-14/h1-8H,9-11H2. The van der Waals surface area contributed by atoms with E-state index >= 15 is 0 Å². The highest BCUT2D eigenvalue weighted by molar-refractivity contribution is 5.93. The molecular formula is C16H14O4. The van der Waals surface area contributed by atoms with Gasteiger partial charge in [0, 0.05) is 0 Å². The van der Waals surface area contributed by atoms with Gasteiger partial charge in [0.25, 0.3) is 0 Å². The molecule has 0 unspecified atom stereocenters. The lowest BCUT2D eigenvalue weighted by molar-refractivity contribution is 0.0463. The number of fused-ring (bicyclic) bond motifs is 1. The molecule has 0 amide bonds. The van der Waals surface area contributed by atoms with Gasteiger partial charge in [-0.3, -0.25) is 0 Å². The Bertz CT molecular complexity index is 607. The summed E-state index contributed by atoms with van der Waals surface area (Å²) in [6.07, 6.45) is 0. The Morgan fingerprint density at radius 3 is 2.65 bits per heavy atom. The van der Waals surface area contributed by atoms with E-state index in [4.69, 9.17) is 14.2 Å². The molecule has 4 nitrogen and oxygen atoms in total. The summed E-state index contributed by atoms with van der Waals surface area (Å²) in [6, 6.07) is 14.8. The van der Waals surface area contributed by atoms with Crippen LogP contribution in [0.5, 0.6) is 11.5 Å². The lowest BCUT2D eigenvalue weighted by Crippen LogP contribution is -2.18. The number of hydrogen-bond donors (Lipinski definition) is 0. The third-order valence-electron chi connectivity index (χ3n) is 3.00. The second-order valence-electron chi connectivity index (χ2n) is 4.39. The number of ether oxygens (including phenoxy) is 3. The molecule has 102 valence electrons. The summed E-state index contributed by atoms with van der Waals surface area (Å²) >= 11 is 0. The van der Waals surface area contributed by atoms with Crippen molar-refractivity contribution in [2.45, 2.75) is 6.61 Å². The Morgan fingerprint density at radius 2 is 1.80 bits per heavy atom. The average molecular weight is 270 g/mol. The Balaban J connectivity index is 1.74. The van der Waals surface area contributed by atoms with E-state index in [0.29, 0.717) is 30.3 Å². The molecule has 0 saturated carbocycles. The maximum absolute atomic E-state index is 12.1. The van der Waals surface area contributed by atoms with Crippen LogP contribution in [0.1, 0.15) is 15.9 Å². The van der Waals surface area contributed by atoms with E-state index in [1.807, 2.05) is 30.3 Å². The lowest BCUT2D eigenvalue weighted by atomic mass is 10.1.